The van der Waals surface area contributed by atoms with Gasteiger partial charge in [-0.2, -0.15) is 0 Å². The molecule has 0 aliphatic carbocycles. The molecule has 0 N–H and O–H groups in total. The Morgan fingerprint density at radius 1 is 0.448 bits per heavy atom. The van der Waals surface area contributed by atoms with Crippen LogP contribution in [-0.2, 0) is 6.42 Å². The van der Waals surface area contributed by atoms with Crippen LogP contribution in [0, 0.1) is 78.7 Å². The summed E-state index contributed by atoms with van der Waals surface area (Å²) in [5.41, 5.74) is 15.8. The minimum Gasteiger partial charge on any atom is -0.383 e. The number of hydrogen-bond acceptors (Lipinski definition) is 11. The number of ketones is 4. The van der Waals surface area contributed by atoms with E-state index in [9.17, 15) is 36.7 Å². The van der Waals surface area contributed by atoms with Crippen molar-refractivity contribution in [3.63, 3.8) is 0 Å². The van der Waals surface area contributed by atoms with Crippen molar-refractivity contribution in [3.8, 4) is 22.3 Å². The molecule has 1 aromatic heterocycles. The van der Waals surface area contributed by atoms with E-state index in [1.54, 1.807) is 25.3 Å². The third-order valence-electron chi connectivity index (χ3n) is 16.8. The predicted octanol–water partition coefficient (Wildman–Crippen LogP) is 26.8. The fourth-order valence-electron chi connectivity index (χ4n) is 10.5. The summed E-state index contributed by atoms with van der Waals surface area (Å²) >= 11 is 6.94. The number of carbonyl (C=O) groups excluding carboxylic acids is 4. The van der Waals surface area contributed by atoms with Crippen molar-refractivity contribution in [2.75, 3.05) is 53.2 Å². The Kier molecular flexibility index (Phi) is 44.9. The maximum Gasteiger partial charge on any atom is 0.195 e. The minimum absolute atomic E-state index is 0.00795. The predicted molar refractivity (Wildman–Crippen MR) is 455 cm³/mol. The molecule has 6 nitrogen and oxygen atoms in total. The van der Waals surface area contributed by atoms with Crippen molar-refractivity contribution in [2.45, 2.75) is 171 Å². The fraction of sp³-hybridized carbons (Fsp3) is 0.333. The van der Waals surface area contributed by atoms with E-state index in [0.717, 1.165) is 83.5 Å². The summed E-state index contributed by atoms with van der Waals surface area (Å²) in [5, 5.41) is 2.00. The first kappa shape index (κ1) is 95.5. The van der Waals surface area contributed by atoms with Gasteiger partial charge in [-0.05, 0) is 224 Å². The van der Waals surface area contributed by atoms with E-state index in [-0.39, 0.29) is 46.4 Å². The summed E-state index contributed by atoms with van der Waals surface area (Å²) in [6.07, 6.45) is 11.3. The Balaban J connectivity index is 0.000000661. The molecule has 0 unspecified atom stereocenters. The molecule has 0 bridgehead atoms. The van der Waals surface area contributed by atoms with E-state index in [0.29, 0.717) is 64.8 Å². The van der Waals surface area contributed by atoms with Gasteiger partial charge in [-0.3, -0.25) is 19.2 Å². The third-order valence-corrected chi connectivity index (χ3v) is 21.5. The van der Waals surface area contributed by atoms with Gasteiger partial charge in [0.05, 0.1) is 4.88 Å². The van der Waals surface area contributed by atoms with Gasteiger partial charge in [-0.25, -0.2) is 17.6 Å². The Morgan fingerprint density at radius 3 is 1.12 bits per heavy atom. The zero-order valence-electron chi connectivity index (χ0n) is 67.5. The van der Waals surface area contributed by atoms with Crippen LogP contribution in [0.2, 0.25) is 0 Å². The first-order valence-electron chi connectivity index (χ1n) is 35.5. The van der Waals surface area contributed by atoms with Gasteiger partial charge in [0.2, 0.25) is 0 Å². The SMILES string of the molecule is CC.CC.CC.CC.CC(C)N(C)C.CC=C(C(=O)c1cc(F)c(SC)c(C)c1C)c1ccccc1.CSc1c(F)cc(-c2c(-c3ccccc3)csc2C(C)=O)c(C)c1C.CSc1c(F)cc(C(=O)C(=CN(C)C)c2ccccc2)c(C)c1C.CSc1c(F)cc(C(=O)Cc2ccccc2)c(C)c1C. The summed E-state index contributed by atoms with van der Waals surface area (Å²) in [6, 6.07) is 44.8. The summed E-state index contributed by atoms with van der Waals surface area (Å²) in [5.74, 6) is -1.55. The molecule has 0 aliphatic heterocycles. The number of nitrogens with zero attached hydrogens (tertiary/aromatic N) is 2. The molecule has 9 aromatic rings. The molecule has 1 heterocycles. The van der Waals surface area contributed by atoms with Crippen LogP contribution < -0.4 is 0 Å². The highest BCUT2D eigenvalue weighted by molar-refractivity contribution is 7.99. The molecule has 0 aliphatic rings. The molecule has 9 rings (SSSR count). The largest absolute Gasteiger partial charge is 0.383 e. The molecular weight excluding hydrogens is 1410 g/mol. The highest BCUT2D eigenvalue weighted by Gasteiger charge is 2.26. The lowest BCUT2D eigenvalue weighted by Gasteiger charge is -2.16. The second-order valence-electron chi connectivity index (χ2n) is 23.8. The second-order valence-corrected chi connectivity index (χ2v) is 27.9. The highest BCUT2D eigenvalue weighted by atomic mass is 32.2. The van der Waals surface area contributed by atoms with E-state index in [2.05, 4.69) is 32.8 Å². The molecule has 15 heteroatoms. The number of hydrogen-bond donors (Lipinski definition) is 0. The van der Waals surface area contributed by atoms with E-state index < -0.39 is 0 Å². The smallest absolute Gasteiger partial charge is 0.195 e. The average molecular weight is 1520 g/mol. The zero-order chi connectivity index (χ0) is 80.1. The van der Waals surface area contributed by atoms with E-state index in [1.807, 2.05) is 288 Å². The topological polar surface area (TPSA) is 74.8 Å². The Labute approximate surface area is 649 Å². The maximum absolute atomic E-state index is 14.6. The van der Waals surface area contributed by atoms with Crippen molar-refractivity contribution in [2.24, 2.45) is 0 Å². The number of thioether (sulfide) groups is 4. The Morgan fingerprint density at radius 2 is 0.771 bits per heavy atom. The van der Waals surface area contributed by atoms with Gasteiger partial charge in [0.15, 0.2) is 23.1 Å². The van der Waals surface area contributed by atoms with Crippen LogP contribution in [0.1, 0.15) is 185 Å². The molecule has 0 amide bonds. The summed E-state index contributed by atoms with van der Waals surface area (Å²) in [6.45, 7) is 38.9. The van der Waals surface area contributed by atoms with Crippen LogP contribution in [0.15, 0.2) is 183 Å². The van der Waals surface area contributed by atoms with Crippen LogP contribution in [0.5, 0.6) is 0 Å². The number of halogens is 4. The zero-order valence-corrected chi connectivity index (χ0v) is 71.5. The molecule has 566 valence electrons. The number of allylic oxidation sites excluding steroid dienone is 3. The van der Waals surface area contributed by atoms with Gasteiger partial charge in [-0.15, -0.1) is 58.4 Å². The van der Waals surface area contributed by atoms with Crippen molar-refractivity contribution in [3.05, 3.63) is 269 Å². The summed E-state index contributed by atoms with van der Waals surface area (Å²) in [4.78, 5) is 57.7. The minimum atomic E-state index is -0.341. The van der Waals surface area contributed by atoms with E-state index in [4.69, 9.17) is 0 Å². The first-order valence-corrected chi connectivity index (χ1v) is 41.3. The van der Waals surface area contributed by atoms with Gasteiger partial charge in [0.1, 0.15) is 23.3 Å². The van der Waals surface area contributed by atoms with Crippen LogP contribution in [0.25, 0.3) is 33.4 Å². The summed E-state index contributed by atoms with van der Waals surface area (Å²) < 4.78 is 57.3. The quantitative estimate of drug-likeness (QED) is 0.0359. The molecular formula is C90H114F4N2O4S5. The Hall–Kier alpha value is -7.50. The molecule has 0 fully saturated rings. The van der Waals surface area contributed by atoms with Gasteiger partial charge < -0.3 is 9.80 Å². The van der Waals surface area contributed by atoms with Gasteiger partial charge in [0.25, 0.3) is 0 Å². The number of Topliss-reactive ketones (excluding diaryl/α,β-unsaturated/α-hetero) is 4. The average Bonchev–Trinajstić information content (AvgIpc) is 1.76. The van der Waals surface area contributed by atoms with E-state index in [1.165, 1.54) is 76.6 Å². The van der Waals surface area contributed by atoms with Crippen molar-refractivity contribution >= 4 is 92.7 Å². The number of rotatable bonds is 18. The van der Waals surface area contributed by atoms with Crippen molar-refractivity contribution in [1.29, 1.82) is 0 Å². The van der Waals surface area contributed by atoms with Crippen LogP contribution in [-0.4, -0.2) is 92.2 Å². The molecule has 0 radical (unpaired) electrons. The molecule has 0 saturated heterocycles. The number of thiophene rings is 1. The second kappa shape index (κ2) is 49.4. The Bertz CT molecular complexity index is 4280. The molecule has 8 aromatic carbocycles. The lowest BCUT2D eigenvalue weighted by atomic mass is 9.91. The highest BCUT2D eigenvalue weighted by Crippen LogP contribution is 2.44. The first-order chi connectivity index (χ1) is 50.0. The van der Waals surface area contributed by atoms with Crippen molar-refractivity contribution in [1.82, 2.24) is 9.80 Å². The van der Waals surface area contributed by atoms with E-state index >= 15 is 0 Å². The summed E-state index contributed by atoms with van der Waals surface area (Å²) in [7, 11) is 7.88. The molecule has 0 saturated carbocycles. The lowest BCUT2D eigenvalue weighted by molar-refractivity contribution is 0.0988. The molecule has 0 spiro atoms. The maximum atomic E-state index is 14.6. The number of carbonyl (C=O) groups is 4. The van der Waals surface area contributed by atoms with Gasteiger partial charge in [0, 0.05) is 91.3 Å². The molecule has 105 heavy (non-hydrogen) atoms. The monoisotopic (exact) mass is 1520 g/mol. The van der Waals surface area contributed by atoms with Gasteiger partial charge in [-0.1, -0.05) is 183 Å². The van der Waals surface area contributed by atoms with Crippen molar-refractivity contribution < 1.29 is 36.7 Å². The van der Waals surface area contributed by atoms with Crippen LogP contribution in [0.4, 0.5) is 17.6 Å². The normalized spacial score (nSPS) is 10.5. The number of benzene rings is 8. The fourth-order valence-corrected chi connectivity index (χ4v) is 14.3. The van der Waals surface area contributed by atoms with Gasteiger partial charge >= 0.3 is 0 Å². The third kappa shape index (κ3) is 26.7. The standard InChI is InChI=1S/C21H19FOS2.C20H22FNOS.C19H19FOS.C17H17FOS.C5H13N.4C2H6/c1-12-13(2)20(24-4)18(22)10-16(12)19-17(11-25-21(19)14(3)23)15-8-6-5-7-9-15;1-13-14(2)20(24-5)18(21)11-16(13)19(23)17(12-22(3)4)15-9-7-6-8-10-15;1-5-15(14-9-7-6-8-10-14)18(21)16-11-17(20)19(22-4)13(3)12(16)2;1-11-12(2)17(20-3)15(18)10-14(11)16(19)9-13-7-5-4-6-8-13;1-5(2)6(3)4;4*1-2/h5-11H,1-4H3;6-12H,1-5H3;5-11H,1-4H3;4-8,10H,9H2,1-3H3;5H,1-4H3;4*1-2H3. The lowest BCUT2D eigenvalue weighted by Crippen LogP contribution is -2.20. The van der Waals surface area contributed by atoms with Crippen LogP contribution in [0.3, 0.4) is 0 Å². The van der Waals surface area contributed by atoms with Crippen LogP contribution >= 0.6 is 58.4 Å². The molecule has 0 atom stereocenters.